The molecule has 0 aliphatic rings. The van der Waals surface area contributed by atoms with Crippen LogP contribution in [0.15, 0.2) is 30.3 Å². The highest BCUT2D eigenvalue weighted by Gasteiger charge is 2.37. The third-order valence-corrected chi connectivity index (χ3v) is 3.39. The highest BCUT2D eigenvalue weighted by Crippen LogP contribution is 2.39. The van der Waals surface area contributed by atoms with Crippen LogP contribution in [0.3, 0.4) is 0 Å². The van der Waals surface area contributed by atoms with E-state index in [0.29, 0.717) is 0 Å². The lowest BCUT2D eigenvalue weighted by Crippen LogP contribution is -2.36. The fourth-order valence-electron chi connectivity index (χ4n) is 1.50. The molecular formula is C14H20O. The second-order valence-electron chi connectivity index (χ2n) is 5.45. The molecule has 0 fully saturated rings. The molecule has 1 aromatic carbocycles. The highest BCUT2D eigenvalue weighted by molar-refractivity contribution is 5.61. The summed E-state index contributed by atoms with van der Waals surface area (Å²) in [5, 5.41) is 0. The minimum Gasteiger partial charge on any atom is -0.303 e. The maximum atomic E-state index is 11.3. The second-order valence-corrected chi connectivity index (χ2v) is 5.45. The van der Waals surface area contributed by atoms with Crippen molar-refractivity contribution in [1.29, 1.82) is 0 Å². The van der Waals surface area contributed by atoms with E-state index >= 15 is 0 Å². The smallest absolute Gasteiger partial charge is 0.126 e. The Hall–Kier alpha value is -1.11. The van der Waals surface area contributed by atoms with Gasteiger partial charge in [-0.05, 0) is 17.4 Å². The Morgan fingerprint density at radius 2 is 1.60 bits per heavy atom. The fourth-order valence-corrected chi connectivity index (χ4v) is 1.50. The van der Waals surface area contributed by atoms with Gasteiger partial charge < -0.3 is 4.79 Å². The van der Waals surface area contributed by atoms with Crippen molar-refractivity contribution in [3.8, 4) is 0 Å². The third kappa shape index (κ3) is 2.68. The van der Waals surface area contributed by atoms with Crippen LogP contribution < -0.4 is 0 Å². The van der Waals surface area contributed by atoms with E-state index in [4.69, 9.17) is 0 Å². The molecule has 0 aliphatic carbocycles. The van der Waals surface area contributed by atoms with Crippen molar-refractivity contribution in [2.75, 3.05) is 0 Å². The summed E-state index contributed by atoms with van der Waals surface area (Å²) >= 11 is 0. The summed E-state index contributed by atoms with van der Waals surface area (Å²) < 4.78 is 0. The summed E-state index contributed by atoms with van der Waals surface area (Å²) in [5.74, 6) is 0. The quantitative estimate of drug-likeness (QED) is 0.689. The number of carbonyl (C=O) groups is 1. The van der Waals surface area contributed by atoms with E-state index in [-0.39, 0.29) is 10.8 Å². The van der Waals surface area contributed by atoms with Gasteiger partial charge in [-0.25, -0.2) is 0 Å². The van der Waals surface area contributed by atoms with E-state index in [0.717, 1.165) is 12.7 Å². The van der Waals surface area contributed by atoms with Crippen molar-refractivity contribution < 1.29 is 4.79 Å². The summed E-state index contributed by atoms with van der Waals surface area (Å²) in [6, 6.07) is 10.2. The van der Waals surface area contributed by atoms with Gasteiger partial charge in [-0.2, -0.15) is 0 Å². The molecule has 0 heterocycles. The number of rotatable bonds is 3. The van der Waals surface area contributed by atoms with Crippen LogP contribution in [0.4, 0.5) is 0 Å². The first kappa shape index (κ1) is 12.0. The molecule has 1 nitrogen and oxygen atoms in total. The summed E-state index contributed by atoms with van der Waals surface area (Å²) in [6.45, 7) is 8.38. The molecule has 15 heavy (non-hydrogen) atoms. The Bertz CT molecular complexity index is 321. The van der Waals surface area contributed by atoms with Crippen molar-refractivity contribution in [3.05, 3.63) is 35.9 Å². The Morgan fingerprint density at radius 3 is 2.00 bits per heavy atom. The lowest BCUT2D eigenvalue weighted by molar-refractivity contribution is -0.120. The molecule has 1 rings (SSSR count). The number of hydrogen-bond donors (Lipinski definition) is 0. The van der Waals surface area contributed by atoms with Gasteiger partial charge in [0.1, 0.15) is 6.29 Å². The molecule has 0 amide bonds. The molecule has 0 saturated heterocycles. The van der Waals surface area contributed by atoms with E-state index in [1.54, 1.807) is 0 Å². The zero-order valence-corrected chi connectivity index (χ0v) is 10.1. The van der Waals surface area contributed by atoms with Crippen LogP contribution in [-0.2, 0) is 11.2 Å². The first-order valence-corrected chi connectivity index (χ1v) is 5.39. The van der Waals surface area contributed by atoms with Gasteiger partial charge in [0.15, 0.2) is 0 Å². The fraction of sp³-hybridized carbons (Fsp3) is 0.500. The number of hydrogen-bond acceptors (Lipinski definition) is 1. The molecule has 0 saturated carbocycles. The third-order valence-electron chi connectivity index (χ3n) is 3.39. The molecule has 0 radical (unpaired) electrons. The van der Waals surface area contributed by atoms with Crippen LogP contribution >= 0.6 is 0 Å². The van der Waals surface area contributed by atoms with Crippen molar-refractivity contribution in [2.24, 2.45) is 10.8 Å². The average molecular weight is 204 g/mol. The van der Waals surface area contributed by atoms with Crippen LogP contribution in [0.1, 0.15) is 33.3 Å². The SMILES string of the molecule is CC(C)(C)C(C)(C=O)Cc1ccccc1. The molecule has 0 aliphatic heterocycles. The normalized spacial score (nSPS) is 15.7. The second kappa shape index (κ2) is 4.18. The van der Waals surface area contributed by atoms with E-state index in [2.05, 4.69) is 32.9 Å². The molecule has 1 heteroatoms. The number of aldehydes is 1. The topological polar surface area (TPSA) is 17.1 Å². The number of carbonyl (C=O) groups excluding carboxylic acids is 1. The van der Waals surface area contributed by atoms with E-state index in [1.807, 2.05) is 25.1 Å². The summed E-state index contributed by atoms with van der Waals surface area (Å²) in [6.07, 6.45) is 1.90. The summed E-state index contributed by atoms with van der Waals surface area (Å²) in [5.41, 5.74) is 0.917. The predicted molar refractivity (Wildman–Crippen MR) is 63.8 cm³/mol. The molecule has 1 unspecified atom stereocenters. The Morgan fingerprint density at radius 1 is 1.07 bits per heavy atom. The summed E-state index contributed by atoms with van der Waals surface area (Å²) in [4.78, 5) is 11.3. The van der Waals surface area contributed by atoms with Crippen LogP contribution in [0, 0.1) is 10.8 Å². The molecule has 0 bridgehead atoms. The molecule has 82 valence electrons. The molecule has 0 N–H and O–H groups in total. The van der Waals surface area contributed by atoms with Crippen LogP contribution in [0.25, 0.3) is 0 Å². The van der Waals surface area contributed by atoms with Crippen LogP contribution in [-0.4, -0.2) is 6.29 Å². The predicted octanol–water partition coefficient (Wildman–Crippen LogP) is 3.48. The Balaban J connectivity index is 2.92. The van der Waals surface area contributed by atoms with Gasteiger partial charge in [-0.1, -0.05) is 58.0 Å². The van der Waals surface area contributed by atoms with E-state index < -0.39 is 0 Å². The van der Waals surface area contributed by atoms with Gasteiger partial charge in [-0.3, -0.25) is 0 Å². The first-order valence-electron chi connectivity index (χ1n) is 5.39. The molecule has 1 aromatic rings. The first-order chi connectivity index (χ1) is 6.89. The summed E-state index contributed by atoms with van der Waals surface area (Å²) in [7, 11) is 0. The maximum absolute atomic E-state index is 11.3. The van der Waals surface area contributed by atoms with Gasteiger partial charge in [0, 0.05) is 5.41 Å². The molecular weight excluding hydrogens is 184 g/mol. The van der Waals surface area contributed by atoms with Crippen molar-refractivity contribution >= 4 is 6.29 Å². The van der Waals surface area contributed by atoms with Gasteiger partial charge >= 0.3 is 0 Å². The monoisotopic (exact) mass is 204 g/mol. The van der Waals surface area contributed by atoms with Gasteiger partial charge in [0.2, 0.25) is 0 Å². The lowest BCUT2D eigenvalue weighted by Gasteiger charge is -2.37. The zero-order chi connectivity index (χ0) is 11.5. The minimum atomic E-state index is -0.297. The van der Waals surface area contributed by atoms with Gasteiger partial charge in [-0.15, -0.1) is 0 Å². The standard InChI is InChI=1S/C14H20O/c1-13(2,3)14(4,11-15)10-12-8-6-5-7-9-12/h5-9,11H,10H2,1-4H3. The highest BCUT2D eigenvalue weighted by atomic mass is 16.1. The minimum absolute atomic E-state index is 0.00933. The van der Waals surface area contributed by atoms with Crippen molar-refractivity contribution in [1.82, 2.24) is 0 Å². The van der Waals surface area contributed by atoms with E-state index in [9.17, 15) is 4.79 Å². The Labute approximate surface area is 92.5 Å². The number of benzene rings is 1. The Kier molecular flexibility index (Phi) is 3.33. The van der Waals surface area contributed by atoms with Crippen molar-refractivity contribution in [3.63, 3.8) is 0 Å². The lowest BCUT2D eigenvalue weighted by atomic mass is 9.66. The molecule has 0 aromatic heterocycles. The van der Waals surface area contributed by atoms with Crippen molar-refractivity contribution in [2.45, 2.75) is 34.1 Å². The molecule has 0 spiro atoms. The van der Waals surface area contributed by atoms with Gasteiger partial charge in [0.25, 0.3) is 0 Å². The van der Waals surface area contributed by atoms with Gasteiger partial charge in [0.05, 0.1) is 0 Å². The van der Waals surface area contributed by atoms with Crippen LogP contribution in [0.5, 0.6) is 0 Å². The average Bonchev–Trinajstić information content (AvgIpc) is 2.17. The maximum Gasteiger partial charge on any atom is 0.126 e. The molecule has 1 atom stereocenters. The zero-order valence-electron chi connectivity index (χ0n) is 10.1. The van der Waals surface area contributed by atoms with Crippen LogP contribution in [0.2, 0.25) is 0 Å². The largest absolute Gasteiger partial charge is 0.303 e. The van der Waals surface area contributed by atoms with E-state index in [1.165, 1.54) is 5.56 Å².